The molecule has 0 fully saturated rings. The van der Waals surface area contributed by atoms with E-state index in [1.807, 2.05) is 49.4 Å². The highest BCUT2D eigenvalue weighted by Crippen LogP contribution is 2.39. The van der Waals surface area contributed by atoms with Gasteiger partial charge in [0.1, 0.15) is 0 Å². The third-order valence-electron chi connectivity index (χ3n) is 4.73. The summed E-state index contributed by atoms with van der Waals surface area (Å²) in [5.41, 5.74) is 4.18. The Bertz CT molecular complexity index is 974. The predicted octanol–water partition coefficient (Wildman–Crippen LogP) is 4.53. The molecule has 0 atom stereocenters. The molecule has 0 aromatic heterocycles. The molecule has 3 aromatic rings. The van der Waals surface area contributed by atoms with E-state index in [-0.39, 0.29) is 11.7 Å². The van der Waals surface area contributed by atoms with Gasteiger partial charge in [-0.15, -0.1) is 0 Å². The number of carbonyl (C=O) groups excluding carboxylic acids is 2. The van der Waals surface area contributed by atoms with Crippen molar-refractivity contribution in [1.29, 1.82) is 0 Å². The number of Topliss-reactive ketones (excluding diaryl/α,β-unsaturated/α-hetero) is 1. The molecule has 1 aliphatic rings. The molecule has 24 heavy (non-hydrogen) atoms. The first-order chi connectivity index (χ1) is 11.7. The van der Waals surface area contributed by atoms with Crippen LogP contribution in [-0.2, 0) is 6.42 Å². The molecule has 0 radical (unpaired) electrons. The Labute approximate surface area is 140 Å². The molecule has 0 bridgehead atoms. The number of carbonyl (C=O) groups is 2. The van der Waals surface area contributed by atoms with Crippen LogP contribution in [-0.4, -0.2) is 11.7 Å². The summed E-state index contributed by atoms with van der Waals surface area (Å²) in [7, 11) is 0. The maximum Gasteiger partial charge on any atom is 0.255 e. The van der Waals surface area contributed by atoms with Crippen LogP contribution in [0.15, 0.2) is 54.6 Å². The molecule has 3 heteroatoms. The van der Waals surface area contributed by atoms with Gasteiger partial charge in [-0.25, -0.2) is 0 Å². The highest BCUT2D eigenvalue weighted by atomic mass is 16.1. The van der Waals surface area contributed by atoms with Gasteiger partial charge in [-0.05, 0) is 47.4 Å². The van der Waals surface area contributed by atoms with Crippen LogP contribution < -0.4 is 5.32 Å². The molecular formula is C21H17NO2. The second kappa shape index (κ2) is 5.60. The lowest BCUT2D eigenvalue weighted by Crippen LogP contribution is -2.14. The summed E-state index contributed by atoms with van der Waals surface area (Å²) >= 11 is 0. The second-order valence-electron chi connectivity index (χ2n) is 6.14. The Kier molecular flexibility index (Phi) is 3.42. The van der Waals surface area contributed by atoms with Crippen molar-refractivity contribution in [2.24, 2.45) is 0 Å². The van der Waals surface area contributed by atoms with E-state index in [0.717, 1.165) is 33.2 Å². The first-order valence-corrected chi connectivity index (χ1v) is 8.10. The van der Waals surface area contributed by atoms with Gasteiger partial charge in [0.15, 0.2) is 5.78 Å². The summed E-state index contributed by atoms with van der Waals surface area (Å²) in [5.74, 6) is 0.0203. The average Bonchev–Trinajstić information content (AvgIpc) is 3.01. The fraction of sp³-hybridized carbons (Fsp3) is 0.143. The average molecular weight is 315 g/mol. The number of ketones is 1. The molecule has 0 saturated heterocycles. The fourth-order valence-corrected chi connectivity index (χ4v) is 3.55. The van der Waals surface area contributed by atoms with Crippen LogP contribution in [0.5, 0.6) is 0 Å². The van der Waals surface area contributed by atoms with E-state index in [1.54, 1.807) is 12.1 Å². The molecular weight excluding hydrogens is 298 g/mol. The molecule has 0 saturated carbocycles. The first-order valence-electron chi connectivity index (χ1n) is 8.10. The number of hydrogen-bond donors (Lipinski definition) is 1. The lowest BCUT2D eigenvalue weighted by molar-refractivity contribution is 0.0993. The largest absolute Gasteiger partial charge is 0.321 e. The van der Waals surface area contributed by atoms with Crippen molar-refractivity contribution in [2.75, 3.05) is 5.32 Å². The van der Waals surface area contributed by atoms with Gasteiger partial charge in [0, 0.05) is 23.2 Å². The minimum atomic E-state index is -0.143. The SMILES string of the molecule is Cc1c(NC(=O)c2ccccc2)c2c(c3ccccc13)C(=O)CC2. The smallest absolute Gasteiger partial charge is 0.255 e. The van der Waals surface area contributed by atoms with Crippen molar-refractivity contribution >= 4 is 28.2 Å². The summed E-state index contributed by atoms with van der Waals surface area (Å²) in [5, 5.41) is 5.06. The summed E-state index contributed by atoms with van der Waals surface area (Å²) in [4.78, 5) is 25.0. The van der Waals surface area contributed by atoms with E-state index >= 15 is 0 Å². The summed E-state index contributed by atoms with van der Waals surface area (Å²) in [6, 6.07) is 17.1. The van der Waals surface area contributed by atoms with E-state index in [4.69, 9.17) is 0 Å². The first kappa shape index (κ1) is 14.6. The highest BCUT2D eigenvalue weighted by molar-refractivity contribution is 6.16. The van der Waals surface area contributed by atoms with Crippen molar-refractivity contribution in [3.8, 4) is 0 Å². The van der Waals surface area contributed by atoms with Gasteiger partial charge in [0.2, 0.25) is 0 Å². The van der Waals surface area contributed by atoms with Crippen LogP contribution in [0, 0.1) is 6.92 Å². The summed E-state index contributed by atoms with van der Waals surface area (Å²) < 4.78 is 0. The van der Waals surface area contributed by atoms with E-state index in [0.29, 0.717) is 18.4 Å². The van der Waals surface area contributed by atoms with Crippen LogP contribution in [0.1, 0.15) is 38.3 Å². The minimum absolute atomic E-state index is 0.143. The number of nitrogens with one attached hydrogen (secondary N) is 1. The van der Waals surface area contributed by atoms with Crippen molar-refractivity contribution < 1.29 is 9.59 Å². The van der Waals surface area contributed by atoms with E-state index in [9.17, 15) is 9.59 Å². The Balaban J connectivity index is 1.89. The Hall–Kier alpha value is -2.94. The van der Waals surface area contributed by atoms with Gasteiger partial charge < -0.3 is 5.32 Å². The van der Waals surface area contributed by atoms with Gasteiger partial charge in [-0.3, -0.25) is 9.59 Å². The van der Waals surface area contributed by atoms with Crippen LogP contribution in [0.4, 0.5) is 5.69 Å². The number of fused-ring (bicyclic) bond motifs is 3. The molecule has 1 N–H and O–H groups in total. The van der Waals surface area contributed by atoms with Crippen molar-refractivity contribution in [3.63, 3.8) is 0 Å². The third kappa shape index (κ3) is 2.21. The third-order valence-corrected chi connectivity index (χ3v) is 4.73. The zero-order chi connectivity index (χ0) is 16.7. The van der Waals surface area contributed by atoms with Gasteiger partial charge in [-0.2, -0.15) is 0 Å². The monoisotopic (exact) mass is 315 g/mol. The quantitative estimate of drug-likeness (QED) is 0.755. The van der Waals surface area contributed by atoms with E-state index in [2.05, 4.69) is 5.32 Å². The van der Waals surface area contributed by atoms with Crippen LogP contribution in [0.3, 0.4) is 0 Å². The molecule has 4 rings (SSSR count). The fourth-order valence-electron chi connectivity index (χ4n) is 3.55. The van der Waals surface area contributed by atoms with Crippen LogP contribution >= 0.6 is 0 Å². The predicted molar refractivity (Wildman–Crippen MR) is 95.7 cm³/mol. The molecule has 0 heterocycles. The number of amides is 1. The Morgan fingerprint density at radius 3 is 2.33 bits per heavy atom. The summed E-state index contributed by atoms with van der Waals surface area (Å²) in [6.45, 7) is 2.01. The molecule has 1 aliphatic carbocycles. The molecule has 118 valence electrons. The van der Waals surface area contributed by atoms with Crippen LogP contribution in [0.2, 0.25) is 0 Å². The standard InChI is InChI=1S/C21H17NO2/c1-13-15-9-5-6-10-16(15)19-17(11-12-18(19)23)20(13)22-21(24)14-7-3-2-4-8-14/h2-10H,11-12H2,1H3,(H,22,24). The molecule has 0 spiro atoms. The van der Waals surface area contributed by atoms with E-state index in [1.165, 1.54) is 0 Å². The van der Waals surface area contributed by atoms with Gasteiger partial charge in [0.05, 0.1) is 0 Å². The van der Waals surface area contributed by atoms with Crippen molar-refractivity contribution in [2.45, 2.75) is 19.8 Å². The maximum absolute atomic E-state index is 12.6. The number of benzene rings is 3. The highest BCUT2D eigenvalue weighted by Gasteiger charge is 2.27. The van der Waals surface area contributed by atoms with Gasteiger partial charge >= 0.3 is 0 Å². The molecule has 3 aromatic carbocycles. The van der Waals surface area contributed by atoms with E-state index < -0.39 is 0 Å². The van der Waals surface area contributed by atoms with Crippen molar-refractivity contribution in [1.82, 2.24) is 0 Å². The molecule has 3 nitrogen and oxygen atoms in total. The minimum Gasteiger partial charge on any atom is -0.321 e. The summed E-state index contributed by atoms with van der Waals surface area (Å²) in [6.07, 6.45) is 1.20. The molecule has 0 aliphatic heterocycles. The van der Waals surface area contributed by atoms with Crippen LogP contribution in [0.25, 0.3) is 10.8 Å². The Morgan fingerprint density at radius 2 is 1.58 bits per heavy atom. The topological polar surface area (TPSA) is 46.2 Å². The number of hydrogen-bond acceptors (Lipinski definition) is 2. The zero-order valence-electron chi connectivity index (χ0n) is 13.4. The van der Waals surface area contributed by atoms with Crippen molar-refractivity contribution in [3.05, 3.63) is 76.9 Å². The lowest BCUT2D eigenvalue weighted by atomic mass is 9.94. The molecule has 1 amide bonds. The van der Waals surface area contributed by atoms with Gasteiger partial charge in [-0.1, -0.05) is 42.5 Å². The maximum atomic E-state index is 12.6. The normalized spacial score (nSPS) is 13.1. The second-order valence-corrected chi connectivity index (χ2v) is 6.14. The number of anilines is 1. The zero-order valence-corrected chi connectivity index (χ0v) is 13.4. The lowest BCUT2D eigenvalue weighted by Gasteiger charge is -2.17. The van der Waals surface area contributed by atoms with Gasteiger partial charge in [0.25, 0.3) is 5.91 Å². The number of aryl methyl sites for hydroxylation is 1. The molecule has 0 unspecified atom stereocenters. The Morgan fingerprint density at radius 1 is 0.917 bits per heavy atom. The number of rotatable bonds is 2.